The second-order valence-electron chi connectivity index (χ2n) is 5.59. The number of rotatable bonds is 1. The highest BCUT2D eigenvalue weighted by molar-refractivity contribution is 8.00. The van der Waals surface area contributed by atoms with Crippen LogP contribution in [0.25, 0.3) is 0 Å². The van der Waals surface area contributed by atoms with Crippen LogP contribution in [0.3, 0.4) is 0 Å². The smallest absolute Gasteiger partial charge is 0.0450 e. The van der Waals surface area contributed by atoms with Crippen molar-refractivity contribution in [3.8, 4) is 0 Å². The van der Waals surface area contributed by atoms with E-state index < -0.39 is 0 Å². The summed E-state index contributed by atoms with van der Waals surface area (Å²) in [5.74, 6) is 0. The number of hydrogen-bond donors (Lipinski definition) is 1. The predicted octanol–water partition coefficient (Wildman–Crippen LogP) is 3.74. The second-order valence-corrected chi connectivity index (χ2v) is 7.01. The predicted molar refractivity (Wildman–Crippen MR) is 72.3 cm³/mol. The van der Waals surface area contributed by atoms with E-state index in [1.807, 2.05) is 11.8 Å². The van der Waals surface area contributed by atoms with E-state index in [1.165, 1.54) is 16.0 Å². The van der Waals surface area contributed by atoms with Gasteiger partial charge in [0.1, 0.15) is 0 Å². The lowest BCUT2D eigenvalue weighted by molar-refractivity contribution is 0.573. The van der Waals surface area contributed by atoms with Gasteiger partial charge in [0.15, 0.2) is 0 Å². The molecule has 0 saturated carbocycles. The fourth-order valence-corrected chi connectivity index (χ4v) is 3.56. The summed E-state index contributed by atoms with van der Waals surface area (Å²) in [5, 5.41) is 4.06. The Morgan fingerprint density at radius 1 is 1.25 bits per heavy atom. The average molecular weight is 235 g/mol. The maximum absolute atomic E-state index is 3.43. The zero-order chi connectivity index (χ0) is 11.9. The fourth-order valence-electron chi connectivity index (χ4n) is 2.28. The van der Waals surface area contributed by atoms with Gasteiger partial charge in [0.2, 0.25) is 0 Å². The topological polar surface area (TPSA) is 12.0 Å². The summed E-state index contributed by atoms with van der Waals surface area (Å²) in [6.07, 6.45) is 0. The molecule has 1 heterocycles. The highest BCUT2D eigenvalue weighted by atomic mass is 32.2. The molecule has 1 N–H and O–H groups in total. The molecule has 0 spiro atoms. The van der Waals surface area contributed by atoms with Crippen LogP contribution in [0, 0.1) is 0 Å². The molecule has 1 aliphatic rings. The summed E-state index contributed by atoms with van der Waals surface area (Å²) in [6.45, 7) is 9.11. The molecule has 2 atom stereocenters. The monoisotopic (exact) mass is 235 g/mol. The number of benzene rings is 1. The quantitative estimate of drug-likeness (QED) is 0.796. The highest BCUT2D eigenvalue weighted by Crippen LogP contribution is 2.44. The summed E-state index contributed by atoms with van der Waals surface area (Å²) >= 11 is 1.98. The van der Waals surface area contributed by atoms with E-state index in [1.54, 1.807) is 0 Å². The van der Waals surface area contributed by atoms with Crippen molar-refractivity contribution < 1.29 is 0 Å². The minimum atomic E-state index is 0.240. The minimum Gasteiger partial charge on any atom is -0.312 e. The van der Waals surface area contributed by atoms with Crippen molar-refractivity contribution in [3.63, 3.8) is 0 Å². The largest absolute Gasteiger partial charge is 0.312 e. The van der Waals surface area contributed by atoms with E-state index in [0.29, 0.717) is 11.3 Å². The average Bonchev–Trinajstić information content (AvgIpc) is 2.50. The summed E-state index contributed by atoms with van der Waals surface area (Å²) in [5.41, 5.74) is 3.15. The van der Waals surface area contributed by atoms with E-state index in [4.69, 9.17) is 0 Å². The molecule has 0 amide bonds. The molecule has 0 radical (unpaired) electrons. The van der Waals surface area contributed by atoms with Crippen LogP contribution in [0.5, 0.6) is 0 Å². The van der Waals surface area contributed by atoms with Crippen LogP contribution in [0.1, 0.15) is 44.9 Å². The number of nitrogens with one attached hydrogen (secondary N) is 1. The highest BCUT2D eigenvalue weighted by Gasteiger charge is 2.30. The van der Waals surface area contributed by atoms with Gasteiger partial charge in [-0.2, -0.15) is 0 Å². The molecule has 0 aromatic heterocycles. The lowest BCUT2D eigenvalue weighted by Gasteiger charge is -2.21. The van der Waals surface area contributed by atoms with E-state index in [-0.39, 0.29) is 5.41 Å². The van der Waals surface area contributed by atoms with E-state index in [2.05, 4.69) is 58.3 Å². The Bertz CT molecular complexity index is 392. The Kier molecular flexibility index (Phi) is 3.06. The molecule has 0 bridgehead atoms. The van der Waals surface area contributed by atoms with Gasteiger partial charge in [-0.25, -0.2) is 0 Å². The maximum atomic E-state index is 3.43. The summed E-state index contributed by atoms with van der Waals surface area (Å²) in [4.78, 5) is 1.44. The van der Waals surface area contributed by atoms with Crippen LogP contribution in [0.2, 0.25) is 0 Å². The van der Waals surface area contributed by atoms with Gasteiger partial charge in [0.25, 0.3) is 0 Å². The lowest BCUT2D eigenvalue weighted by atomic mass is 9.85. The molecule has 2 unspecified atom stereocenters. The first-order valence-electron chi connectivity index (χ1n) is 5.92. The summed E-state index contributed by atoms with van der Waals surface area (Å²) < 4.78 is 0. The first-order valence-corrected chi connectivity index (χ1v) is 6.80. The molecular formula is C14H21NS. The van der Waals surface area contributed by atoms with Gasteiger partial charge in [-0.15, -0.1) is 11.8 Å². The molecule has 0 aliphatic carbocycles. The Balaban J connectivity index is 2.43. The first kappa shape index (κ1) is 12.0. The van der Waals surface area contributed by atoms with Crippen LogP contribution < -0.4 is 5.32 Å². The molecule has 2 heteroatoms. The molecule has 16 heavy (non-hydrogen) atoms. The lowest BCUT2D eigenvalue weighted by Crippen LogP contribution is -2.22. The van der Waals surface area contributed by atoms with Gasteiger partial charge in [0.05, 0.1) is 0 Å². The van der Waals surface area contributed by atoms with E-state index in [0.717, 1.165) is 0 Å². The third kappa shape index (κ3) is 2.01. The molecule has 1 aromatic carbocycles. The Morgan fingerprint density at radius 2 is 1.94 bits per heavy atom. The van der Waals surface area contributed by atoms with Crippen molar-refractivity contribution in [2.45, 2.75) is 49.3 Å². The van der Waals surface area contributed by atoms with Crippen molar-refractivity contribution in [1.29, 1.82) is 0 Å². The molecule has 88 valence electrons. The third-order valence-corrected chi connectivity index (χ3v) is 4.57. The maximum Gasteiger partial charge on any atom is 0.0450 e. The van der Waals surface area contributed by atoms with E-state index >= 15 is 0 Å². The number of thioether (sulfide) groups is 1. The standard InChI is InChI=1S/C14H21NS/c1-9-13(15-5)11-8-10(14(2,3)4)6-7-12(11)16-9/h6-9,13,15H,1-5H3. The molecule has 0 saturated heterocycles. The first-order chi connectivity index (χ1) is 7.43. The van der Waals surface area contributed by atoms with E-state index in [9.17, 15) is 0 Å². The Labute approximate surface area is 103 Å². The molecule has 0 fully saturated rings. The summed E-state index contributed by atoms with van der Waals surface area (Å²) in [7, 11) is 2.06. The van der Waals surface area contributed by atoms with Gasteiger partial charge >= 0.3 is 0 Å². The van der Waals surface area contributed by atoms with Gasteiger partial charge in [-0.1, -0.05) is 39.8 Å². The molecule has 1 nitrogen and oxygen atoms in total. The Morgan fingerprint density at radius 3 is 2.50 bits per heavy atom. The SMILES string of the molecule is CNC1c2cc(C(C)(C)C)ccc2SC1C. The molecule has 1 aliphatic heterocycles. The molecule has 2 rings (SSSR count). The van der Waals surface area contributed by atoms with Crippen LogP contribution in [0.15, 0.2) is 23.1 Å². The number of hydrogen-bond acceptors (Lipinski definition) is 2. The third-order valence-electron chi connectivity index (χ3n) is 3.30. The van der Waals surface area contributed by atoms with Crippen LogP contribution in [-0.4, -0.2) is 12.3 Å². The van der Waals surface area contributed by atoms with Gasteiger partial charge in [-0.3, -0.25) is 0 Å². The zero-order valence-corrected chi connectivity index (χ0v) is 11.6. The second kappa shape index (κ2) is 4.08. The number of fused-ring (bicyclic) bond motifs is 1. The van der Waals surface area contributed by atoms with Crippen LogP contribution in [0.4, 0.5) is 0 Å². The van der Waals surface area contributed by atoms with Crippen LogP contribution >= 0.6 is 11.8 Å². The van der Waals surface area contributed by atoms with Gasteiger partial charge < -0.3 is 5.32 Å². The molecule has 1 aromatic rings. The van der Waals surface area contributed by atoms with Crippen molar-refractivity contribution >= 4 is 11.8 Å². The van der Waals surface area contributed by atoms with Gasteiger partial charge in [-0.05, 0) is 29.7 Å². The van der Waals surface area contributed by atoms with Crippen molar-refractivity contribution in [2.75, 3.05) is 7.05 Å². The zero-order valence-electron chi connectivity index (χ0n) is 10.8. The van der Waals surface area contributed by atoms with Crippen molar-refractivity contribution in [1.82, 2.24) is 5.32 Å². The van der Waals surface area contributed by atoms with Crippen molar-refractivity contribution in [3.05, 3.63) is 29.3 Å². The minimum absolute atomic E-state index is 0.240. The molecular weight excluding hydrogens is 214 g/mol. The normalized spacial score (nSPS) is 24.6. The van der Waals surface area contributed by atoms with Gasteiger partial charge in [0, 0.05) is 16.2 Å². The van der Waals surface area contributed by atoms with Crippen LogP contribution in [-0.2, 0) is 5.41 Å². The van der Waals surface area contributed by atoms with Crippen molar-refractivity contribution in [2.24, 2.45) is 0 Å². The summed E-state index contributed by atoms with van der Waals surface area (Å²) in [6, 6.07) is 7.44. The Hall–Kier alpha value is -0.470. The fraction of sp³-hybridized carbons (Fsp3) is 0.571.